The number of carbonyl (C=O) groups excluding carboxylic acids is 1. The Labute approximate surface area is 126 Å². The average molecular weight is 285 g/mol. The molecular formula is C17H23N3O. The summed E-state index contributed by atoms with van der Waals surface area (Å²) in [5.41, 5.74) is 6.85. The van der Waals surface area contributed by atoms with Gasteiger partial charge in [-0.25, -0.2) is 0 Å². The Morgan fingerprint density at radius 3 is 2.86 bits per heavy atom. The largest absolute Gasteiger partial charge is 0.351 e. The third-order valence-corrected chi connectivity index (χ3v) is 4.07. The predicted octanol–water partition coefficient (Wildman–Crippen LogP) is 2.09. The number of carbonyl (C=O) groups is 1. The molecule has 4 nitrogen and oxygen atoms in total. The van der Waals surface area contributed by atoms with Crippen molar-refractivity contribution in [2.45, 2.75) is 39.0 Å². The van der Waals surface area contributed by atoms with Gasteiger partial charge >= 0.3 is 0 Å². The van der Waals surface area contributed by atoms with Crippen LogP contribution in [0.15, 0.2) is 18.5 Å². The van der Waals surface area contributed by atoms with Gasteiger partial charge in [0.1, 0.15) is 0 Å². The van der Waals surface area contributed by atoms with Crippen molar-refractivity contribution < 1.29 is 4.79 Å². The third kappa shape index (κ3) is 4.57. The van der Waals surface area contributed by atoms with E-state index >= 15 is 0 Å². The molecule has 112 valence electrons. The second-order valence-electron chi connectivity index (χ2n) is 6.02. The number of aromatic nitrogens is 1. The van der Waals surface area contributed by atoms with E-state index in [1.165, 1.54) is 32.1 Å². The number of hydrogen-bond acceptors (Lipinski definition) is 3. The second-order valence-corrected chi connectivity index (χ2v) is 6.02. The van der Waals surface area contributed by atoms with E-state index in [9.17, 15) is 4.79 Å². The van der Waals surface area contributed by atoms with E-state index in [-0.39, 0.29) is 11.3 Å². The molecule has 0 saturated heterocycles. The lowest BCUT2D eigenvalue weighted by Gasteiger charge is -2.33. The van der Waals surface area contributed by atoms with Crippen LogP contribution in [-0.4, -0.2) is 24.0 Å². The fourth-order valence-corrected chi connectivity index (χ4v) is 2.76. The van der Waals surface area contributed by atoms with Crippen molar-refractivity contribution in [2.75, 3.05) is 13.1 Å². The molecular weight excluding hydrogens is 262 g/mol. The van der Waals surface area contributed by atoms with E-state index in [1.54, 1.807) is 18.5 Å². The summed E-state index contributed by atoms with van der Waals surface area (Å²) < 4.78 is 0. The molecule has 0 aliphatic heterocycles. The number of hydrogen-bond donors (Lipinski definition) is 2. The number of amides is 1. The Morgan fingerprint density at radius 2 is 2.14 bits per heavy atom. The monoisotopic (exact) mass is 285 g/mol. The molecule has 1 amide bonds. The van der Waals surface area contributed by atoms with E-state index in [0.717, 1.165) is 12.1 Å². The molecule has 1 heterocycles. The van der Waals surface area contributed by atoms with E-state index in [2.05, 4.69) is 29.1 Å². The normalized spacial score (nSPS) is 16.7. The van der Waals surface area contributed by atoms with E-state index in [1.807, 2.05) is 0 Å². The minimum atomic E-state index is -0.0781. The van der Waals surface area contributed by atoms with E-state index in [4.69, 9.17) is 5.73 Å². The first-order valence-electron chi connectivity index (χ1n) is 7.55. The Balaban J connectivity index is 1.96. The average Bonchev–Trinajstić information content (AvgIpc) is 2.52. The van der Waals surface area contributed by atoms with Crippen LogP contribution >= 0.6 is 0 Å². The third-order valence-electron chi connectivity index (χ3n) is 4.07. The van der Waals surface area contributed by atoms with Gasteiger partial charge in [-0.1, -0.05) is 38.0 Å². The summed E-state index contributed by atoms with van der Waals surface area (Å²) in [7, 11) is 0. The molecule has 4 heteroatoms. The lowest BCUT2D eigenvalue weighted by molar-refractivity contribution is 0.0919. The smallest absolute Gasteiger partial charge is 0.252 e. The minimum Gasteiger partial charge on any atom is -0.351 e. The van der Waals surface area contributed by atoms with Crippen LogP contribution in [0.4, 0.5) is 0 Å². The molecule has 2 rings (SSSR count). The fourth-order valence-electron chi connectivity index (χ4n) is 2.76. The number of nitrogens with one attached hydrogen (secondary N) is 1. The van der Waals surface area contributed by atoms with Crippen LogP contribution < -0.4 is 11.1 Å². The maximum atomic E-state index is 12.2. The maximum Gasteiger partial charge on any atom is 0.252 e. The molecule has 0 bridgehead atoms. The summed E-state index contributed by atoms with van der Waals surface area (Å²) in [5.74, 6) is 5.58. The lowest BCUT2D eigenvalue weighted by atomic mass is 9.76. The quantitative estimate of drug-likeness (QED) is 0.836. The summed E-state index contributed by atoms with van der Waals surface area (Å²) >= 11 is 0. The molecule has 21 heavy (non-hydrogen) atoms. The molecule has 1 aromatic heterocycles. The minimum absolute atomic E-state index is 0.0781. The highest BCUT2D eigenvalue weighted by molar-refractivity contribution is 5.94. The van der Waals surface area contributed by atoms with Crippen LogP contribution in [0, 0.1) is 17.3 Å². The Bertz CT molecular complexity index is 551. The number of rotatable bonds is 3. The van der Waals surface area contributed by atoms with Gasteiger partial charge in [-0.15, -0.1) is 0 Å². The molecule has 1 aliphatic rings. The van der Waals surface area contributed by atoms with Crippen molar-refractivity contribution in [2.24, 2.45) is 11.1 Å². The zero-order valence-corrected chi connectivity index (χ0v) is 12.6. The van der Waals surface area contributed by atoms with Crippen molar-refractivity contribution >= 4 is 5.91 Å². The van der Waals surface area contributed by atoms with Gasteiger partial charge in [0.05, 0.1) is 12.1 Å². The SMILES string of the molecule is CC1(CNC(=O)c2cncc(C#CCN)c2)CCCCC1. The van der Waals surface area contributed by atoms with Gasteiger partial charge in [-0.3, -0.25) is 9.78 Å². The first-order valence-corrected chi connectivity index (χ1v) is 7.55. The van der Waals surface area contributed by atoms with Crippen molar-refractivity contribution in [1.82, 2.24) is 10.3 Å². The van der Waals surface area contributed by atoms with Crippen LogP contribution in [-0.2, 0) is 0 Å². The standard InChI is InChI=1S/C17H23N3O/c1-17(7-3-2-4-8-17)13-20-16(21)15-10-14(6-5-9-18)11-19-12-15/h10-12H,2-4,7-9,13,18H2,1H3,(H,20,21). The molecule has 3 N–H and O–H groups in total. The lowest BCUT2D eigenvalue weighted by Crippen LogP contribution is -2.37. The molecule has 0 aromatic carbocycles. The van der Waals surface area contributed by atoms with E-state index in [0.29, 0.717) is 12.1 Å². The second kappa shape index (κ2) is 7.24. The molecule has 1 aliphatic carbocycles. The molecule has 1 fully saturated rings. The summed E-state index contributed by atoms with van der Waals surface area (Å²) in [6.07, 6.45) is 9.43. The summed E-state index contributed by atoms with van der Waals surface area (Å²) in [4.78, 5) is 16.3. The molecule has 1 saturated carbocycles. The van der Waals surface area contributed by atoms with E-state index < -0.39 is 0 Å². The molecule has 0 radical (unpaired) electrons. The van der Waals surface area contributed by atoms with Crippen LogP contribution in [0.1, 0.15) is 54.9 Å². The van der Waals surface area contributed by atoms with Gasteiger partial charge in [0.2, 0.25) is 0 Å². The topological polar surface area (TPSA) is 68.0 Å². The first kappa shape index (κ1) is 15.5. The van der Waals surface area contributed by atoms with Gasteiger partial charge in [-0.2, -0.15) is 0 Å². The number of nitrogens with zero attached hydrogens (tertiary/aromatic N) is 1. The van der Waals surface area contributed by atoms with Gasteiger partial charge in [0, 0.05) is 24.5 Å². The summed E-state index contributed by atoms with van der Waals surface area (Å²) in [5, 5.41) is 3.04. The highest BCUT2D eigenvalue weighted by Gasteiger charge is 2.27. The van der Waals surface area contributed by atoms with Gasteiger partial charge in [0.15, 0.2) is 0 Å². The zero-order valence-electron chi connectivity index (χ0n) is 12.6. The zero-order chi connectivity index (χ0) is 15.1. The highest BCUT2D eigenvalue weighted by Crippen LogP contribution is 2.34. The molecule has 1 aromatic rings. The number of pyridine rings is 1. The number of nitrogens with two attached hydrogens (primary N) is 1. The molecule has 0 unspecified atom stereocenters. The highest BCUT2D eigenvalue weighted by atomic mass is 16.1. The Morgan fingerprint density at radius 1 is 1.38 bits per heavy atom. The molecule has 0 spiro atoms. The summed E-state index contributed by atoms with van der Waals surface area (Å²) in [6.45, 7) is 3.28. The van der Waals surface area contributed by atoms with Crippen LogP contribution in [0.25, 0.3) is 0 Å². The first-order chi connectivity index (χ1) is 10.1. The van der Waals surface area contributed by atoms with Gasteiger partial charge < -0.3 is 11.1 Å². The fraction of sp³-hybridized carbons (Fsp3) is 0.529. The van der Waals surface area contributed by atoms with Crippen molar-refractivity contribution in [3.05, 3.63) is 29.6 Å². The summed E-state index contributed by atoms with van der Waals surface area (Å²) in [6, 6.07) is 1.76. The van der Waals surface area contributed by atoms with Crippen LogP contribution in [0.3, 0.4) is 0 Å². The Kier molecular flexibility index (Phi) is 5.35. The molecule has 0 atom stereocenters. The van der Waals surface area contributed by atoms with Crippen molar-refractivity contribution in [3.63, 3.8) is 0 Å². The van der Waals surface area contributed by atoms with Gasteiger partial charge in [0.25, 0.3) is 5.91 Å². The predicted molar refractivity (Wildman–Crippen MR) is 83.7 cm³/mol. The maximum absolute atomic E-state index is 12.2. The van der Waals surface area contributed by atoms with Crippen molar-refractivity contribution in [3.8, 4) is 11.8 Å². The van der Waals surface area contributed by atoms with Crippen LogP contribution in [0.5, 0.6) is 0 Å². The Hall–Kier alpha value is -1.86. The van der Waals surface area contributed by atoms with Crippen molar-refractivity contribution in [1.29, 1.82) is 0 Å². The van der Waals surface area contributed by atoms with Gasteiger partial charge in [-0.05, 0) is 24.3 Å². The van der Waals surface area contributed by atoms with Crippen LogP contribution in [0.2, 0.25) is 0 Å².